The first-order valence-electron chi connectivity index (χ1n) is 11.7. The number of thiazole rings is 1. The van der Waals surface area contributed by atoms with Crippen LogP contribution in [-0.2, 0) is 7.05 Å². The smallest absolute Gasteiger partial charge is 0.283 e. The molecule has 0 amide bonds. The molecule has 5 rings (SSSR count). The summed E-state index contributed by atoms with van der Waals surface area (Å²) in [4.78, 5) is 19.0. The largest absolute Gasteiger partial charge is 0.297 e. The third-order valence-electron chi connectivity index (χ3n) is 6.64. The van der Waals surface area contributed by atoms with E-state index in [9.17, 15) is 4.79 Å². The molecule has 0 bridgehead atoms. The molecule has 0 N–H and O–H groups in total. The molecule has 1 aliphatic rings. The first-order chi connectivity index (χ1) is 16.4. The van der Waals surface area contributed by atoms with Crippen LogP contribution in [0.15, 0.2) is 68.8 Å². The Hall–Kier alpha value is -3.45. The number of hydrogen-bond acceptors (Lipinski definition) is 4. The highest BCUT2D eigenvalue weighted by molar-refractivity contribution is 7.07. The van der Waals surface area contributed by atoms with Gasteiger partial charge in [-0.05, 0) is 75.8 Å². The van der Waals surface area contributed by atoms with Gasteiger partial charge >= 0.3 is 0 Å². The van der Waals surface area contributed by atoms with Gasteiger partial charge < -0.3 is 0 Å². The normalized spacial score (nSPS) is 14.2. The van der Waals surface area contributed by atoms with E-state index < -0.39 is 0 Å². The zero-order valence-corrected chi connectivity index (χ0v) is 20.9. The number of aryl methyl sites for hydroxylation is 2. The van der Waals surface area contributed by atoms with Gasteiger partial charge in [-0.2, -0.15) is 5.10 Å². The van der Waals surface area contributed by atoms with Crippen LogP contribution in [0.25, 0.3) is 16.9 Å². The maximum absolute atomic E-state index is 13.4. The zero-order valence-electron chi connectivity index (χ0n) is 20.1. The van der Waals surface area contributed by atoms with Gasteiger partial charge in [0.15, 0.2) is 5.69 Å². The third kappa shape index (κ3) is 4.01. The van der Waals surface area contributed by atoms with Crippen molar-refractivity contribution < 1.29 is 0 Å². The molecular weight excluding hydrogens is 442 g/mol. The van der Waals surface area contributed by atoms with E-state index in [4.69, 9.17) is 10.1 Å². The highest BCUT2D eigenvalue weighted by Gasteiger charge is 2.18. The molecule has 2 aromatic carbocycles. The Morgan fingerprint density at radius 1 is 0.941 bits per heavy atom. The van der Waals surface area contributed by atoms with Crippen LogP contribution in [0.2, 0.25) is 0 Å². The standard InChI is InChI=1S/C27H29N5OS/c1-18-14-15-21(16-19(18)2)24-17-34-27(31(24)29-22-10-8-9-11-22)28-25-20(3)30(4)32(26(25)33)23-12-6-5-7-13-23/h5-7,12-17H,8-11H2,1-4H3. The molecule has 0 spiro atoms. The molecule has 7 heteroatoms. The Morgan fingerprint density at radius 3 is 2.38 bits per heavy atom. The zero-order chi connectivity index (χ0) is 23.8. The number of nitrogens with zero attached hydrogens (tertiary/aromatic N) is 5. The molecule has 2 aromatic heterocycles. The van der Waals surface area contributed by atoms with Crippen LogP contribution in [0.3, 0.4) is 0 Å². The van der Waals surface area contributed by atoms with Crippen LogP contribution in [0.4, 0.5) is 5.69 Å². The number of hydrogen-bond donors (Lipinski definition) is 0. The Labute approximate surface area is 203 Å². The van der Waals surface area contributed by atoms with E-state index >= 15 is 0 Å². The van der Waals surface area contributed by atoms with Crippen LogP contribution in [-0.4, -0.2) is 19.8 Å². The van der Waals surface area contributed by atoms with E-state index in [1.54, 1.807) is 4.68 Å². The first kappa shape index (κ1) is 22.3. The molecule has 0 aliphatic heterocycles. The molecule has 1 aliphatic carbocycles. The molecule has 34 heavy (non-hydrogen) atoms. The number of aromatic nitrogens is 3. The molecule has 1 fully saturated rings. The highest BCUT2D eigenvalue weighted by Crippen LogP contribution is 2.25. The molecule has 6 nitrogen and oxygen atoms in total. The summed E-state index contributed by atoms with van der Waals surface area (Å²) in [6.07, 6.45) is 4.38. The quantitative estimate of drug-likeness (QED) is 0.380. The fourth-order valence-corrected chi connectivity index (χ4v) is 5.21. The summed E-state index contributed by atoms with van der Waals surface area (Å²) in [5, 5.41) is 7.12. The Balaban J connectivity index is 1.71. The number of para-hydroxylation sites is 1. The van der Waals surface area contributed by atoms with Crippen molar-refractivity contribution in [1.29, 1.82) is 0 Å². The lowest BCUT2D eigenvalue weighted by Gasteiger charge is -2.07. The SMILES string of the molecule is Cc1ccc(-c2csc(=Nc3c(C)n(C)n(-c4ccccc4)c3=O)n2N=C2CCCC2)cc1C. The van der Waals surface area contributed by atoms with Crippen molar-refractivity contribution in [3.05, 3.63) is 85.9 Å². The Morgan fingerprint density at radius 2 is 1.68 bits per heavy atom. The summed E-state index contributed by atoms with van der Waals surface area (Å²) in [7, 11) is 1.89. The maximum atomic E-state index is 13.4. The van der Waals surface area contributed by atoms with E-state index in [0.29, 0.717) is 10.5 Å². The van der Waals surface area contributed by atoms with E-state index in [-0.39, 0.29) is 5.56 Å². The van der Waals surface area contributed by atoms with Crippen LogP contribution >= 0.6 is 11.3 Å². The molecule has 174 valence electrons. The second-order valence-corrected chi connectivity index (χ2v) is 9.75. The summed E-state index contributed by atoms with van der Waals surface area (Å²) in [5.41, 5.74) is 7.75. The van der Waals surface area contributed by atoms with Crippen molar-refractivity contribution in [2.24, 2.45) is 17.1 Å². The fraction of sp³-hybridized carbons (Fsp3) is 0.296. The van der Waals surface area contributed by atoms with Gasteiger partial charge in [0, 0.05) is 23.7 Å². The topological polar surface area (TPSA) is 56.6 Å². The van der Waals surface area contributed by atoms with Gasteiger partial charge in [0.2, 0.25) is 4.80 Å². The first-order valence-corrected chi connectivity index (χ1v) is 12.6. The minimum absolute atomic E-state index is 0.132. The molecule has 0 radical (unpaired) electrons. The molecule has 0 saturated heterocycles. The number of benzene rings is 2. The average Bonchev–Trinajstić information content (AvgIpc) is 3.54. The molecule has 1 saturated carbocycles. The van der Waals surface area contributed by atoms with Gasteiger partial charge in [-0.15, -0.1) is 11.3 Å². The predicted octanol–water partition coefficient (Wildman–Crippen LogP) is 5.64. The molecular formula is C27H29N5OS. The summed E-state index contributed by atoms with van der Waals surface area (Å²) < 4.78 is 5.47. The lowest BCUT2D eigenvalue weighted by Crippen LogP contribution is -2.20. The van der Waals surface area contributed by atoms with Crippen LogP contribution < -0.4 is 10.4 Å². The van der Waals surface area contributed by atoms with Crippen molar-refractivity contribution >= 4 is 22.7 Å². The fourth-order valence-electron chi connectivity index (χ4n) is 4.38. The Bertz CT molecular complexity index is 1510. The van der Waals surface area contributed by atoms with Crippen molar-refractivity contribution in [2.75, 3.05) is 0 Å². The molecule has 0 unspecified atom stereocenters. The summed E-state index contributed by atoms with van der Waals surface area (Å²) in [5.74, 6) is 0. The van der Waals surface area contributed by atoms with Crippen LogP contribution in [0.1, 0.15) is 42.5 Å². The van der Waals surface area contributed by atoms with Gasteiger partial charge in [0.05, 0.1) is 17.1 Å². The van der Waals surface area contributed by atoms with E-state index in [2.05, 4.69) is 37.4 Å². The van der Waals surface area contributed by atoms with E-state index in [1.165, 1.54) is 41.0 Å². The van der Waals surface area contributed by atoms with Crippen LogP contribution in [0, 0.1) is 20.8 Å². The van der Waals surface area contributed by atoms with Gasteiger partial charge in [0.25, 0.3) is 5.56 Å². The van der Waals surface area contributed by atoms with E-state index in [1.807, 2.05) is 53.7 Å². The average molecular weight is 472 g/mol. The molecule has 0 atom stereocenters. The third-order valence-corrected chi connectivity index (χ3v) is 7.46. The van der Waals surface area contributed by atoms with Gasteiger partial charge in [0.1, 0.15) is 0 Å². The Kier molecular flexibility index (Phi) is 5.96. The van der Waals surface area contributed by atoms with Crippen molar-refractivity contribution in [2.45, 2.75) is 46.5 Å². The molecule has 4 aromatic rings. The minimum atomic E-state index is -0.132. The van der Waals surface area contributed by atoms with Crippen molar-refractivity contribution in [3.63, 3.8) is 0 Å². The monoisotopic (exact) mass is 471 g/mol. The summed E-state index contributed by atoms with van der Waals surface area (Å²) in [6, 6.07) is 16.1. The van der Waals surface area contributed by atoms with Gasteiger partial charge in [-0.25, -0.2) is 14.4 Å². The van der Waals surface area contributed by atoms with Crippen LogP contribution in [0.5, 0.6) is 0 Å². The second-order valence-electron chi connectivity index (χ2n) is 8.91. The lowest BCUT2D eigenvalue weighted by atomic mass is 10.1. The minimum Gasteiger partial charge on any atom is -0.283 e. The summed E-state index contributed by atoms with van der Waals surface area (Å²) in [6.45, 7) is 6.18. The van der Waals surface area contributed by atoms with Gasteiger partial charge in [-0.1, -0.05) is 30.3 Å². The van der Waals surface area contributed by atoms with E-state index in [0.717, 1.165) is 35.5 Å². The molecule has 2 heterocycles. The number of rotatable bonds is 4. The predicted molar refractivity (Wildman–Crippen MR) is 139 cm³/mol. The highest BCUT2D eigenvalue weighted by atomic mass is 32.1. The van der Waals surface area contributed by atoms with Crippen molar-refractivity contribution in [3.8, 4) is 16.9 Å². The van der Waals surface area contributed by atoms with Crippen molar-refractivity contribution in [1.82, 2.24) is 14.0 Å². The second kappa shape index (κ2) is 9.06. The van der Waals surface area contributed by atoms with Gasteiger partial charge in [-0.3, -0.25) is 9.48 Å². The maximum Gasteiger partial charge on any atom is 0.297 e. The summed E-state index contributed by atoms with van der Waals surface area (Å²) >= 11 is 1.52. The lowest BCUT2D eigenvalue weighted by molar-refractivity contribution is 0.630.